The van der Waals surface area contributed by atoms with Crippen molar-refractivity contribution in [1.29, 1.82) is 0 Å². The summed E-state index contributed by atoms with van der Waals surface area (Å²) in [4.78, 5) is 16.1. The first-order chi connectivity index (χ1) is 7.83. The van der Waals surface area contributed by atoms with Gasteiger partial charge in [0.2, 0.25) is 0 Å². The normalized spacial score (nSPS) is 10.2. The number of hydrogen-bond donors (Lipinski definition) is 0. The van der Waals surface area contributed by atoms with Gasteiger partial charge in [0.25, 0.3) is 0 Å². The van der Waals surface area contributed by atoms with Gasteiger partial charge < -0.3 is 0 Å². The molecule has 0 radical (unpaired) electrons. The summed E-state index contributed by atoms with van der Waals surface area (Å²) < 4.78 is 0. The number of carbonyl (C=O) groups excluding carboxylic acids is 1. The van der Waals surface area contributed by atoms with Crippen LogP contribution in [0.25, 0.3) is 10.8 Å². The molecule has 0 saturated carbocycles. The maximum atomic E-state index is 11.9. The highest BCUT2D eigenvalue weighted by Crippen LogP contribution is 2.17. The number of ketones is 1. The summed E-state index contributed by atoms with van der Waals surface area (Å²) in [5.41, 5.74) is 0.569. The van der Waals surface area contributed by atoms with Crippen molar-refractivity contribution in [2.45, 2.75) is 12.8 Å². The molecule has 16 heavy (non-hydrogen) atoms. The Balaban J connectivity index is 2.44. The average molecular weight is 211 g/mol. The van der Waals surface area contributed by atoms with Crippen molar-refractivity contribution in [3.8, 4) is 0 Å². The van der Waals surface area contributed by atoms with Crippen molar-refractivity contribution < 1.29 is 4.79 Å². The number of pyridine rings is 1. The van der Waals surface area contributed by atoms with Crippen molar-refractivity contribution in [1.82, 2.24) is 4.98 Å². The van der Waals surface area contributed by atoms with Crippen LogP contribution in [0.1, 0.15) is 23.3 Å². The van der Waals surface area contributed by atoms with Crippen LogP contribution in [0.15, 0.2) is 49.2 Å². The minimum absolute atomic E-state index is 0.0803. The lowest BCUT2D eigenvalue weighted by Crippen LogP contribution is -2.02. The highest BCUT2D eigenvalue weighted by molar-refractivity contribution is 6.06. The van der Waals surface area contributed by atoms with Crippen LogP contribution >= 0.6 is 0 Å². The van der Waals surface area contributed by atoms with Crippen LogP contribution in [-0.4, -0.2) is 10.8 Å². The van der Waals surface area contributed by atoms with E-state index in [1.165, 1.54) is 0 Å². The Morgan fingerprint density at radius 1 is 1.31 bits per heavy atom. The van der Waals surface area contributed by atoms with E-state index in [0.29, 0.717) is 18.5 Å². The number of hydrogen-bond acceptors (Lipinski definition) is 2. The highest BCUT2D eigenvalue weighted by Gasteiger charge is 2.09. The monoisotopic (exact) mass is 211 g/mol. The van der Waals surface area contributed by atoms with Gasteiger partial charge in [0, 0.05) is 18.0 Å². The standard InChI is InChI=1S/C14H13NO/c1-2-3-8-13(16)14-12-7-5-4-6-11(12)9-10-15-14/h2,4-7,9-10H,1,3,8H2. The van der Waals surface area contributed by atoms with Crippen molar-refractivity contribution in [2.24, 2.45) is 0 Å². The van der Waals surface area contributed by atoms with Gasteiger partial charge in [0.1, 0.15) is 5.69 Å². The Morgan fingerprint density at radius 2 is 2.12 bits per heavy atom. The minimum Gasteiger partial charge on any atom is -0.292 e. The zero-order valence-corrected chi connectivity index (χ0v) is 9.02. The molecule has 0 saturated heterocycles. The summed E-state index contributed by atoms with van der Waals surface area (Å²) in [7, 11) is 0. The molecule has 0 fully saturated rings. The molecular weight excluding hydrogens is 198 g/mol. The number of nitrogens with zero attached hydrogens (tertiary/aromatic N) is 1. The lowest BCUT2D eigenvalue weighted by Gasteiger charge is -2.03. The SMILES string of the molecule is C=CCCC(=O)c1nccc2ccccc12. The molecule has 80 valence electrons. The fourth-order valence-electron chi connectivity index (χ4n) is 1.69. The van der Waals surface area contributed by atoms with Gasteiger partial charge in [0.05, 0.1) is 0 Å². The van der Waals surface area contributed by atoms with Crippen molar-refractivity contribution in [2.75, 3.05) is 0 Å². The summed E-state index contributed by atoms with van der Waals surface area (Å²) >= 11 is 0. The van der Waals surface area contributed by atoms with Gasteiger partial charge in [-0.25, -0.2) is 0 Å². The molecule has 0 unspecified atom stereocenters. The third-order valence-electron chi connectivity index (χ3n) is 2.51. The molecule has 2 heteroatoms. The second-order valence-electron chi connectivity index (χ2n) is 3.63. The van der Waals surface area contributed by atoms with E-state index in [-0.39, 0.29) is 5.78 Å². The van der Waals surface area contributed by atoms with Crippen molar-refractivity contribution in [3.63, 3.8) is 0 Å². The first kappa shape index (κ1) is 10.6. The van der Waals surface area contributed by atoms with Crippen LogP contribution in [0.4, 0.5) is 0 Å². The quantitative estimate of drug-likeness (QED) is 0.573. The van der Waals surface area contributed by atoms with E-state index in [4.69, 9.17) is 0 Å². The van der Waals surface area contributed by atoms with Crippen LogP contribution in [0.3, 0.4) is 0 Å². The van der Waals surface area contributed by atoms with Gasteiger partial charge in [-0.15, -0.1) is 6.58 Å². The summed E-state index contributed by atoms with van der Waals surface area (Å²) in [6.07, 6.45) is 4.61. The van der Waals surface area contributed by atoms with Crippen LogP contribution in [0.5, 0.6) is 0 Å². The lowest BCUT2D eigenvalue weighted by molar-refractivity contribution is 0.0980. The molecule has 1 heterocycles. The molecule has 0 atom stereocenters. The Kier molecular flexibility index (Phi) is 3.10. The van der Waals surface area contributed by atoms with E-state index in [2.05, 4.69) is 11.6 Å². The van der Waals surface area contributed by atoms with Gasteiger partial charge >= 0.3 is 0 Å². The molecule has 2 nitrogen and oxygen atoms in total. The van der Waals surface area contributed by atoms with Gasteiger partial charge in [-0.3, -0.25) is 9.78 Å². The van der Waals surface area contributed by atoms with Gasteiger partial charge in [-0.1, -0.05) is 30.3 Å². The zero-order valence-electron chi connectivity index (χ0n) is 9.02. The maximum absolute atomic E-state index is 11.9. The molecule has 2 rings (SSSR count). The molecule has 0 spiro atoms. The number of rotatable bonds is 4. The summed E-state index contributed by atoms with van der Waals surface area (Å²) in [5.74, 6) is 0.0803. The molecule has 0 aliphatic carbocycles. The molecular formula is C14H13NO. The van der Waals surface area contributed by atoms with E-state index < -0.39 is 0 Å². The topological polar surface area (TPSA) is 30.0 Å². The molecule has 0 aliphatic heterocycles. The van der Waals surface area contributed by atoms with E-state index >= 15 is 0 Å². The minimum atomic E-state index is 0.0803. The van der Waals surface area contributed by atoms with Gasteiger partial charge in [-0.05, 0) is 17.9 Å². The van der Waals surface area contributed by atoms with Gasteiger partial charge in [-0.2, -0.15) is 0 Å². The van der Waals surface area contributed by atoms with E-state index in [9.17, 15) is 4.79 Å². The number of allylic oxidation sites excluding steroid dienone is 1. The fraction of sp³-hybridized carbons (Fsp3) is 0.143. The number of benzene rings is 1. The first-order valence-corrected chi connectivity index (χ1v) is 5.31. The number of carbonyl (C=O) groups is 1. The second kappa shape index (κ2) is 4.71. The lowest BCUT2D eigenvalue weighted by atomic mass is 10.0. The maximum Gasteiger partial charge on any atom is 0.182 e. The summed E-state index contributed by atoms with van der Waals surface area (Å²) in [6.45, 7) is 3.62. The Morgan fingerprint density at radius 3 is 2.94 bits per heavy atom. The molecule has 1 aromatic carbocycles. The molecule has 2 aromatic rings. The zero-order chi connectivity index (χ0) is 11.4. The summed E-state index contributed by atoms with van der Waals surface area (Å²) in [6, 6.07) is 9.72. The van der Waals surface area contributed by atoms with E-state index in [1.807, 2.05) is 30.3 Å². The molecule has 1 aromatic heterocycles. The van der Waals surface area contributed by atoms with Crippen LogP contribution in [-0.2, 0) is 0 Å². The third-order valence-corrected chi connectivity index (χ3v) is 2.51. The van der Waals surface area contributed by atoms with Crippen molar-refractivity contribution >= 4 is 16.6 Å². The van der Waals surface area contributed by atoms with Gasteiger partial charge in [0.15, 0.2) is 5.78 Å². The third kappa shape index (κ3) is 2.01. The number of Topliss-reactive ketones (excluding diaryl/α,β-unsaturated/α-hetero) is 1. The predicted octanol–water partition coefficient (Wildman–Crippen LogP) is 3.38. The van der Waals surface area contributed by atoms with Crippen LogP contribution in [0, 0.1) is 0 Å². The smallest absolute Gasteiger partial charge is 0.182 e. The Labute approximate surface area is 94.6 Å². The fourth-order valence-corrected chi connectivity index (χ4v) is 1.69. The molecule has 0 aliphatic rings. The largest absolute Gasteiger partial charge is 0.292 e. The summed E-state index contributed by atoms with van der Waals surface area (Å²) in [5, 5.41) is 1.98. The number of aromatic nitrogens is 1. The van der Waals surface area contributed by atoms with Crippen LogP contribution in [0.2, 0.25) is 0 Å². The second-order valence-corrected chi connectivity index (χ2v) is 3.63. The average Bonchev–Trinajstić information content (AvgIpc) is 2.35. The predicted molar refractivity (Wildman–Crippen MR) is 65.5 cm³/mol. The van der Waals surface area contributed by atoms with Crippen LogP contribution < -0.4 is 0 Å². The molecule has 0 N–H and O–H groups in total. The van der Waals surface area contributed by atoms with E-state index in [1.54, 1.807) is 12.3 Å². The van der Waals surface area contributed by atoms with E-state index in [0.717, 1.165) is 10.8 Å². The Hall–Kier alpha value is -1.96. The number of fused-ring (bicyclic) bond motifs is 1. The van der Waals surface area contributed by atoms with Crippen molar-refractivity contribution in [3.05, 3.63) is 54.9 Å². The Bertz CT molecular complexity index is 526. The molecule has 0 amide bonds. The highest BCUT2D eigenvalue weighted by atomic mass is 16.1. The first-order valence-electron chi connectivity index (χ1n) is 5.31. The molecule has 0 bridgehead atoms.